The number of hydrogen-bond acceptors (Lipinski definition) is 0. The summed E-state index contributed by atoms with van der Waals surface area (Å²) < 4.78 is 2.12. The number of nitrogens with zero attached hydrogens (tertiary/aromatic N) is 1. The van der Waals surface area contributed by atoms with Gasteiger partial charge in [0.2, 0.25) is 0 Å². The molecule has 50 valence electrons. The van der Waals surface area contributed by atoms with E-state index in [4.69, 9.17) is 0 Å². The molecule has 0 saturated heterocycles. The van der Waals surface area contributed by atoms with Crippen LogP contribution in [0, 0.1) is 0 Å². The molecule has 1 heterocycles. The Balaban J connectivity index is 2.93. The number of rotatable bonds is 0. The first-order valence-corrected chi connectivity index (χ1v) is 3.38. The monoisotopic (exact) mass is 132 g/mol. The van der Waals surface area contributed by atoms with Crippen molar-refractivity contribution in [3.8, 4) is 0 Å². The molecule has 0 aliphatic heterocycles. The zero-order valence-electron chi connectivity index (χ0n) is 5.91. The molecule has 0 amide bonds. The van der Waals surface area contributed by atoms with Crippen molar-refractivity contribution in [2.75, 3.05) is 0 Å². The van der Waals surface area contributed by atoms with E-state index in [9.17, 15) is 0 Å². The second-order valence-electron chi connectivity index (χ2n) is 2.49. The molecule has 1 nitrogen and oxygen atoms in total. The summed E-state index contributed by atoms with van der Waals surface area (Å²) in [5, 5.41) is 1.31. The smallest absolute Gasteiger partial charge is 0.0477 e. The Morgan fingerprint density at radius 3 is 2.70 bits per heavy atom. The van der Waals surface area contributed by atoms with Crippen molar-refractivity contribution in [1.29, 1.82) is 0 Å². The molecule has 0 radical (unpaired) electrons. The van der Waals surface area contributed by atoms with Crippen molar-refractivity contribution < 1.29 is 0 Å². The molecule has 2 aromatic rings. The Labute approximate surface area is 59.9 Å². The average molecular weight is 132 g/mol. The van der Waals surface area contributed by atoms with Crippen LogP contribution in [0.1, 0.15) is 0 Å². The van der Waals surface area contributed by atoms with Crippen molar-refractivity contribution in [2.24, 2.45) is 7.05 Å². The highest BCUT2D eigenvalue weighted by atomic mass is 15.0. The van der Waals surface area contributed by atoms with Crippen LogP contribution in [0.25, 0.3) is 10.9 Å². The van der Waals surface area contributed by atoms with Crippen molar-refractivity contribution in [2.45, 2.75) is 0 Å². The van der Waals surface area contributed by atoms with Gasteiger partial charge in [0, 0.05) is 18.8 Å². The normalized spacial score (nSPS) is 10.5. The van der Waals surface area contributed by atoms with Crippen LogP contribution in [0.4, 0.5) is 0 Å². The van der Waals surface area contributed by atoms with Gasteiger partial charge in [0.25, 0.3) is 0 Å². The number of hydrogen-bond donors (Lipinski definition) is 0. The molecule has 0 fully saturated rings. The Morgan fingerprint density at radius 2 is 1.90 bits per heavy atom. The molecule has 0 saturated carbocycles. The zero-order valence-corrected chi connectivity index (χ0v) is 5.91. The number of fused-ring (bicyclic) bond motifs is 1. The SMILES string of the molecule is Cn1[13cH]cc2ccccc21. The van der Waals surface area contributed by atoms with Gasteiger partial charge in [-0.05, 0) is 17.5 Å². The van der Waals surface area contributed by atoms with Crippen molar-refractivity contribution in [3.05, 3.63) is 36.5 Å². The van der Waals surface area contributed by atoms with E-state index in [1.165, 1.54) is 10.9 Å². The van der Waals surface area contributed by atoms with E-state index in [2.05, 4.69) is 48.1 Å². The molecule has 1 aromatic carbocycles. The van der Waals surface area contributed by atoms with E-state index >= 15 is 0 Å². The zero-order chi connectivity index (χ0) is 6.97. The van der Waals surface area contributed by atoms with Gasteiger partial charge in [0.05, 0.1) is 0 Å². The van der Waals surface area contributed by atoms with E-state index in [-0.39, 0.29) is 0 Å². The average Bonchev–Trinajstić information content (AvgIpc) is 2.34. The minimum absolute atomic E-state index is 1.29. The van der Waals surface area contributed by atoms with Gasteiger partial charge in [0.15, 0.2) is 0 Å². The predicted octanol–water partition coefficient (Wildman–Crippen LogP) is 2.18. The van der Waals surface area contributed by atoms with E-state index in [0.29, 0.717) is 0 Å². The molecule has 0 spiro atoms. The predicted molar refractivity (Wildman–Crippen MR) is 42.9 cm³/mol. The molecule has 2 rings (SSSR count). The molecular formula is C9H9N. The van der Waals surface area contributed by atoms with Gasteiger partial charge in [-0.3, -0.25) is 0 Å². The number of para-hydroxylation sites is 1. The van der Waals surface area contributed by atoms with Gasteiger partial charge < -0.3 is 4.57 Å². The van der Waals surface area contributed by atoms with Crippen LogP contribution in [0.2, 0.25) is 0 Å². The number of aryl methyl sites for hydroxylation is 1. The molecule has 10 heavy (non-hydrogen) atoms. The second kappa shape index (κ2) is 1.87. The highest BCUT2D eigenvalue weighted by Gasteiger charge is 1.92. The van der Waals surface area contributed by atoms with E-state index in [1.807, 2.05) is 0 Å². The molecule has 1 heteroatoms. The molecular weight excluding hydrogens is 123 g/mol. The van der Waals surface area contributed by atoms with Gasteiger partial charge in [-0.15, -0.1) is 0 Å². The summed E-state index contributed by atoms with van der Waals surface area (Å²) in [5.41, 5.74) is 1.29. The summed E-state index contributed by atoms with van der Waals surface area (Å²) in [4.78, 5) is 0. The molecule has 0 aliphatic carbocycles. The van der Waals surface area contributed by atoms with Crippen molar-refractivity contribution >= 4 is 10.9 Å². The lowest BCUT2D eigenvalue weighted by Gasteiger charge is -1.92. The van der Waals surface area contributed by atoms with Gasteiger partial charge in [-0.25, -0.2) is 0 Å². The first-order valence-electron chi connectivity index (χ1n) is 3.38. The van der Waals surface area contributed by atoms with Gasteiger partial charge >= 0.3 is 0 Å². The van der Waals surface area contributed by atoms with Crippen LogP contribution in [0.5, 0.6) is 0 Å². The molecule has 0 unspecified atom stereocenters. The van der Waals surface area contributed by atoms with E-state index in [0.717, 1.165) is 0 Å². The summed E-state index contributed by atoms with van der Waals surface area (Å²) in [7, 11) is 2.06. The maximum atomic E-state index is 2.12. The summed E-state index contributed by atoms with van der Waals surface area (Å²) in [5.74, 6) is 0. The summed E-state index contributed by atoms with van der Waals surface area (Å²) in [6.07, 6.45) is 2.07. The van der Waals surface area contributed by atoms with Gasteiger partial charge in [-0.2, -0.15) is 0 Å². The Bertz CT molecular complexity index is 346. The van der Waals surface area contributed by atoms with Crippen LogP contribution >= 0.6 is 0 Å². The van der Waals surface area contributed by atoms with Crippen LogP contribution in [-0.4, -0.2) is 4.57 Å². The van der Waals surface area contributed by atoms with E-state index in [1.54, 1.807) is 0 Å². The van der Waals surface area contributed by atoms with E-state index < -0.39 is 0 Å². The van der Waals surface area contributed by atoms with Crippen LogP contribution in [0.15, 0.2) is 36.5 Å². The lowest BCUT2D eigenvalue weighted by atomic mass is 10.3. The maximum Gasteiger partial charge on any atom is 0.0477 e. The maximum absolute atomic E-state index is 2.12. The van der Waals surface area contributed by atoms with Crippen molar-refractivity contribution in [1.82, 2.24) is 4.57 Å². The Morgan fingerprint density at radius 1 is 1.10 bits per heavy atom. The minimum atomic E-state index is 1.29. The Kier molecular flexibility index (Phi) is 1.04. The highest BCUT2D eigenvalue weighted by Crippen LogP contribution is 2.12. The minimum Gasteiger partial charge on any atom is -0.351 e. The third-order valence-electron chi connectivity index (χ3n) is 1.79. The van der Waals surface area contributed by atoms with Gasteiger partial charge in [-0.1, -0.05) is 18.2 Å². The third-order valence-corrected chi connectivity index (χ3v) is 1.79. The summed E-state index contributed by atoms with van der Waals surface area (Å²) >= 11 is 0. The fourth-order valence-corrected chi connectivity index (χ4v) is 1.22. The van der Waals surface area contributed by atoms with Crippen LogP contribution < -0.4 is 0 Å². The van der Waals surface area contributed by atoms with Gasteiger partial charge in [0.1, 0.15) is 0 Å². The largest absolute Gasteiger partial charge is 0.351 e. The fourth-order valence-electron chi connectivity index (χ4n) is 1.22. The number of aromatic nitrogens is 1. The summed E-state index contributed by atoms with van der Waals surface area (Å²) in [6.45, 7) is 0. The summed E-state index contributed by atoms with van der Waals surface area (Å²) in [6, 6.07) is 10.5. The molecule has 1 aromatic heterocycles. The first-order chi connectivity index (χ1) is 4.88. The fraction of sp³-hybridized carbons (Fsp3) is 0.111. The lowest BCUT2D eigenvalue weighted by Crippen LogP contribution is -1.81. The topological polar surface area (TPSA) is 4.93 Å². The standard InChI is InChI=1S/C9H9N/c1-10-7-6-8-4-2-3-5-9(8)10/h2-7H,1H3/i7+1. The molecule has 0 bridgehead atoms. The number of benzene rings is 1. The first kappa shape index (κ1) is 5.54. The second-order valence-corrected chi connectivity index (χ2v) is 2.49. The molecule has 0 aliphatic rings. The molecule has 0 N–H and O–H groups in total. The highest BCUT2D eigenvalue weighted by molar-refractivity contribution is 5.79. The lowest BCUT2D eigenvalue weighted by molar-refractivity contribution is 0.969. The van der Waals surface area contributed by atoms with Crippen molar-refractivity contribution in [3.63, 3.8) is 0 Å². The van der Waals surface area contributed by atoms with Crippen LogP contribution in [-0.2, 0) is 7.05 Å². The Hall–Kier alpha value is -1.24. The quantitative estimate of drug-likeness (QED) is 0.517. The molecule has 0 atom stereocenters. The third kappa shape index (κ3) is 0.637. The van der Waals surface area contributed by atoms with Crippen LogP contribution in [0.3, 0.4) is 0 Å².